The Morgan fingerprint density at radius 3 is 2.59 bits per heavy atom. The molecule has 8 heteroatoms. The van der Waals surface area contributed by atoms with Crippen molar-refractivity contribution in [1.29, 1.82) is 0 Å². The summed E-state index contributed by atoms with van der Waals surface area (Å²) in [7, 11) is 0. The van der Waals surface area contributed by atoms with E-state index in [4.69, 9.17) is 9.47 Å². The van der Waals surface area contributed by atoms with Gasteiger partial charge in [-0.15, -0.1) is 0 Å². The van der Waals surface area contributed by atoms with Crippen LogP contribution < -0.4 is 10.1 Å². The highest BCUT2D eigenvalue weighted by molar-refractivity contribution is 5.68. The second kappa shape index (κ2) is 8.63. The predicted molar refractivity (Wildman–Crippen MR) is 108 cm³/mol. The van der Waals surface area contributed by atoms with Gasteiger partial charge < -0.3 is 19.7 Å². The number of nitrogens with one attached hydrogen (secondary N) is 1. The van der Waals surface area contributed by atoms with Crippen LogP contribution in [0.15, 0.2) is 30.6 Å². The number of carbonyl (C=O) groups is 1. The van der Waals surface area contributed by atoms with Gasteiger partial charge in [0, 0.05) is 37.7 Å². The molecule has 0 unspecified atom stereocenters. The molecule has 29 heavy (non-hydrogen) atoms. The number of aromatic nitrogens is 2. The van der Waals surface area contributed by atoms with E-state index in [9.17, 15) is 9.18 Å². The minimum Gasteiger partial charge on any atom is -0.474 e. The molecule has 3 rings (SSSR count). The van der Waals surface area contributed by atoms with E-state index >= 15 is 0 Å². The molecule has 1 saturated heterocycles. The number of carbonyl (C=O) groups excluding carboxylic acids is 1. The molecule has 2 heterocycles. The van der Waals surface area contributed by atoms with Crippen molar-refractivity contribution in [3.63, 3.8) is 0 Å². The number of anilines is 2. The first-order chi connectivity index (χ1) is 13.7. The van der Waals surface area contributed by atoms with Gasteiger partial charge in [0.2, 0.25) is 5.88 Å². The van der Waals surface area contributed by atoms with Crippen LogP contribution in [0.2, 0.25) is 0 Å². The molecule has 1 fully saturated rings. The summed E-state index contributed by atoms with van der Waals surface area (Å²) in [6.07, 6.45) is 2.44. The van der Waals surface area contributed by atoms with Crippen LogP contribution in [0, 0.1) is 12.7 Å². The average molecular weight is 402 g/mol. The highest BCUT2D eigenvalue weighted by atomic mass is 19.1. The van der Waals surface area contributed by atoms with Gasteiger partial charge in [0.1, 0.15) is 29.7 Å². The van der Waals surface area contributed by atoms with E-state index in [2.05, 4.69) is 15.3 Å². The van der Waals surface area contributed by atoms with Crippen LogP contribution in [0.1, 0.15) is 39.2 Å². The summed E-state index contributed by atoms with van der Waals surface area (Å²) < 4.78 is 25.1. The van der Waals surface area contributed by atoms with Crippen molar-refractivity contribution in [2.45, 2.75) is 52.2 Å². The minimum absolute atomic E-state index is 0.0479. The molecule has 1 aromatic heterocycles. The van der Waals surface area contributed by atoms with Gasteiger partial charge >= 0.3 is 6.09 Å². The summed E-state index contributed by atoms with van der Waals surface area (Å²) in [6, 6.07) is 6.59. The lowest BCUT2D eigenvalue weighted by atomic mass is 10.1. The third-order valence-electron chi connectivity index (χ3n) is 4.47. The monoisotopic (exact) mass is 402 g/mol. The normalized spacial score (nSPS) is 15.1. The first-order valence-electron chi connectivity index (χ1n) is 9.69. The number of piperidine rings is 1. The fourth-order valence-corrected chi connectivity index (χ4v) is 2.94. The topological polar surface area (TPSA) is 76.6 Å². The fraction of sp³-hybridized carbons (Fsp3) is 0.476. The van der Waals surface area contributed by atoms with Crippen molar-refractivity contribution in [2.24, 2.45) is 0 Å². The van der Waals surface area contributed by atoms with Gasteiger partial charge in [-0.25, -0.2) is 19.2 Å². The molecule has 0 saturated carbocycles. The number of nitrogens with zero attached hydrogens (tertiary/aromatic N) is 3. The maximum absolute atomic E-state index is 13.7. The number of hydrogen-bond donors (Lipinski definition) is 1. The summed E-state index contributed by atoms with van der Waals surface area (Å²) in [5, 5.41) is 3.05. The quantitative estimate of drug-likeness (QED) is 0.814. The van der Waals surface area contributed by atoms with Gasteiger partial charge in [0.15, 0.2) is 0 Å². The number of amides is 1. The Morgan fingerprint density at radius 1 is 1.21 bits per heavy atom. The lowest BCUT2D eigenvalue weighted by Crippen LogP contribution is -2.44. The van der Waals surface area contributed by atoms with E-state index in [0.29, 0.717) is 48.9 Å². The zero-order chi connectivity index (χ0) is 21.0. The number of halogens is 1. The molecule has 0 atom stereocenters. The second-order valence-corrected chi connectivity index (χ2v) is 8.12. The molecule has 1 amide bonds. The fourth-order valence-electron chi connectivity index (χ4n) is 2.94. The number of hydrogen-bond acceptors (Lipinski definition) is 6. The van der Waals surface area contributed by atoms with E-state index in [-0.39, 0.29) is 18.0 Å². The zero-order valence-corrected chi connectivity index (χ0v) is 17.2. The lowest BCUT2D eigenvalue weighted by molar-refractivity contribution is 0.0123. The van der Waals surface area contributed by atoms with Crippen molar-refractivity contribution in [2.75, 3.05) is 18.4 Å². The summed E-state index contributed by atoms with van der Waals surface area (Å²) in [4.78, 5) is 22.2. The number of likely N-dealkylation sites (tertiary alicyclic amines) is 1. The number of aryl methyl sites for hydroxylation is 1. The van der Waals surface area contributed by atoms with E-state index in [0.717, 1.165) is 0 Å². The summed E-state index contributed by atoms with van der Waals surface area (Å²) in [5.74, 6) is 0.674. The van der Waals surface area contributed by atoms with Crippen LogP contribution in [-0.2, 0) is 4.74 Å². The standard InChI is InChI=1S/C21H27FN4O3/c1-14-5-6-15(11-17(14)22)25-18-12-19(24-13-23-18)28-16-7-9-26(10-8-16)20(27)29-21(2,3)4/h5-6,11-13,16H,7-10H2,1-4H3,(H,23,24,25). The highest BCUT2D eigenvalue weighted by Gasteiger charge is 2.27. The smallest absolute Gasteiger partial charge is 0.410 e. The predicted octanol–water partition coefficient (Wildman–Crippen LogP) is 4.45. The van der Waals surface area contributed by atoms with Crippen LogP contribution in [0.25, 0.3) is 0 Å². The Bertz CT molecular complexity index is 861. The first kappa shape index (κ1) is 20.8. The maximum Gasteiger partial charge on any atom is 0.410 e. The Kier molecular flexibility index (Phi) is 6.20. The van der Waals surface area contributed by atoms with E-state index in [1.165, 1.54) is 12.4 Å². The number of benzene rings is 1. The third kappa shape index (κ3) is 6.04. The van der Waals surface area contributed by atoms with Gasteiger partial charge in [-0.05, 0) is 45.4 Å². The SMILES string of the molecule is Cc1ccc(Nc2cc(OC3CCN(C(=O)OC(C)(C)C)CC3)ncn2)cc1F. The minimum atomic E-state index is -0.505. The van der Waals surface area contributed by atoms with Gasteiger partial charge in [0.05, 0.1) is 0 Å². The van der Waals surface area contributed by atoms with E-state index < -0.39 is 5.60 Å². The molecule has 1 aliphatic heterocycles. The molecule has 2 aromatic rings. The summed E-state index contributed by atoms with van der Waals surface area (Å²) >= 11 is 0. The van der Waals surface area contributed by atoms with Crippen molar-refractivity contribution >= 4 is 17.6 Å². The summed E-state index contributed by atoms with van der Waals surface area (Å²) in [5.41, 5.74) is 0.679. The number of ether oxygens (including phenoxy) is 2. The molecule has 0 aliphatic carbocycles. The van der Waals surface area contributed by atoms with Crippen molar-refractivity contribution in [3.05, 3.63) is 42.0 Å². The molecule has 0 radical (unpaired) electrons. The van der Waals surface area contributed by atoms with E-state index in [1.807, 2.05) is 20.8 Å². The molecule has 1 aliphatic rings. The Labute approximate surface area is 170 Å². The first-order valence-corrected chi connectivity index (χ1v) is 9.69. The maximum atomic E-state index is 13.7. The Morgan fingerprint density at radius 2 is 1.93 bits per heavy atom. The number of rotatable bonds is 4. The van der Waals surface area contributed by atoms with Crippen LogP contribution in [0.3, 0.4) is 0 Å². The largest absolute Gasteiger partial charge is 0.474 e. The molecule has 1 N–H and O–H groups in total. The molecule has 0 spiro atoms. The second-order valence-electron chi connectivity index (χ2n) is 8.12. The van der Waals surface area contributed by atoms with Crippen LogP contribution in [-0.4, -0.2) is 45.8 Å². The van der Waals surface area contributed by atoms with Gasteiger partial charge in [0.25, 0.3) is 0 Å². The Balaban J connectivity index is 1.54. The highest BCUT2D eigenvalue weighted by Crippen LogP contribution is 2.23. The Hall–Kier alpha value is -2.90. The van der Waals surface area contributed by atoms with E-state index in [1.54, 1.807) is 30.0 Å². The molecular weight excluding hydrogens is 375 g/mol. The molecular formula is C21H27FN4O3. The average Bonchev–Trinajstić information content (AvgIpc) is 2.64. The lowest BCUT2D eigenvalue weighted by Gasteiger charge is -2.33. The van der Waals surface area contributed by atoms with Gasteiger partial charge in [-0.2, -0.15) is 0 Å². The molecule has 1 aromatic carbocycles. The van der Waals surface area contributed by atoms with Crippen LogP contribution in [0.5, 0.6) is 5.88 Å². The molecule has 0 bridgehead atoms. The van der Waals surface area contributed by atoms with Crippen molar-refractivity contribution in [3.8, 4) is 5.88 Å². The van der Waals surface area contributed by atoms with Gasteiger partial charge in [-0.1, -0.05) is 6.07 Å². The van der Waals surface area contributed by atoms with Crippen LogP contribution in [0.4, 0.5) is 20.7 Å². The molecule has 156 valence electrons. The molecule has 7 nitrogen and oxygen atoms in total. The summed E-state index contributed by atoms with van der Waals surface area (Å²) in [6.45, 7) is 8.41. The third-order valence-corrected chi connectivity index (χ3v) is 4.47. The van der Waals surface area contributed by atoms with Gasteiger partial charge in [-0.3, -0.25) is 0 Å². The van der Waals surface area contributed by atoms with Crippen molar-refractivity contribution < 1.29 is 18.7 Å². The van der Waals surface area contributed by atoms with Crippen LogP contribution >= 0.6 is 0 Å². The zero-order valence-electron chi connectivity index (χ0n) is 17.2. The van der Waals surface area contributed by atoms with Crippen molar-refractivity contribution in [1.82, 2.24) is 14.9 Å².